The number of aliphatic hydroxyl groups excluding tert-OH is 1. The summed E-state index contributed by atoms with van der Waals surface area (Å²) in [6.07, 6.45) is 1.97. The Morgan fingerprint density at radius 3 is 2.42 bits per heavy atom. The van der Waals surface area contributed by atoms with Crippen LogP contribution in [0.5, 0.6) is 0 Å². The monoisotopic (exact) mass is 498 g/mol. The Bertz CT molecular complexity index is 1230. The van der Waals surface area contributed by atoms with Crippen LogP contribution in [-0.4, -0.2) is 85.4 Å². The van der Waals surface area contributed by atoms with Crippen molar-refractivity contribution in [2.24, 2.45) is 0 Å². The molecule has 1 atom stereocenters. The summed E-state index contributed by atoms with van der Waals surface area (Å²) in [5.74, 6) is -0.249. The van der Waals surface area contributed by atoms with E-state index in [1.807, 2.05) is 18.2 Å². The van der Waals surface area contributed by atoms with Crippen LogP contribution in [0, 0.1) is 0 Å². The van der Waals surface area contributed by atoms with Crippen LogP contribution in [0.1, 0.15) is 31.4 Å². The molecular formula is C24H30N6O6. The lowest BCUT2D eigenvalue weighted by Gasteiger charge is -2.38. The third-order valence-electron chi connectivity index (χ3n) is 6.52. The molecular weight excluding hydrogens is 468 g/mol. The highest BCUT2D eigenvalue weighted by atomic mass is 16.4. The molecule has 12 heteroatoms. The van der Waals surface area contributed by atoms with Gasteiger partial charge in [0.15, 0.2) is 0 Å². The van der Waals surface area contributed by atoms with Crippen LogP contribution in [-0.2, 0) is 17.6 Å². The molecule has 4 rings (SSSR count). The molecule has 0 saturated carbocycles. The molecule has 4 N–H and O–H groups in total. The Morgan fingerprint density at radius 2 is 1.75 bits per heavy atom. The standard InChI is InChI=1S/C24H30N6O6/c1-24(2,27-23(35)36)20(32)28-9-11-29(12-10-28)21(33)25-19-7-8-30(22(34)26-19)17-5-3-16-14-18(31)6-4-15(16)13-17/h3,5,7-8,13,18,27,31H,4,6,9-12,14H2,1-2H3,(H,35,36)(H,25,26,33,34). The van der Waals surface area contributed by atoms with Crippen molar-refractivity contribution in [3.63, 3.8) is 0 Å². The third-order valence-corrected chi connectivity index (χ3v) is 6.52. The molecule has 2 aromatic rings. The summed E-state index contributed by atoms with van der Waals surface area (Å²) in [7, 11) is 0. The van der Waals surface area contributed by atoms with Crippen molar-refractivity contribution >= 4 is 23.8 Å². The number of urea groups is 1. The van der Waals surface area contributed by atoms with E-state index in [9.17, 15) is 24.3 Å². The van der Waals surface area contributed by atoms with Gasteiger partial charge in [0.2, 0.25) is 5.91 Å². The Hall–Kier alpha value is -3.93. The van der Waals surface area contributed by atoms with Crippen LogP contribution in [0.15, 0.2) is 35.3 Å². The fourth-order valence-electron chi connectivity index (χ4n) is 4.56. The number of carbonyl (C=O) groups excluding carboxylic acids is 2. The third kappa shape index (κ3) is 5.48. The number of rotatable bonds is 4. The maximum Gasteiger partial charge on any atom is 0.405 e. The van der Waals surface area contributed by atoms with Gasteiger partial charge < -0.3 is 25.3 Å². The van der Waals surface area contributed by atoms with Crippen LogP contribution < -0.4 is 16.3 Å². The second-order valence-electron chi connectivity index (χ2n) is 9.58. The van der Waals surface area contributed by atoms with Crippen LogP contribution in [0.25, 0.3) is 5.69 Å². The van der Waals surface area contributed by atoms with E-state index in [2.05, 4.69) is 15.6 Å². The van der Waals surface area contributed by atoms with Crippen molar-refractivity contribution < 1.29 is 24.6 Å². The van der Waals surface area contributed by atoms with Gasteiger partial charge >= 0.3 is 17.8 Å². The van der Waals surface area contributed by atoms with Crippen molar-refractivity contribution in [2.45, 2.75) is 44.8 Å². The minimum absolute atomic E-state index is 0.118. The molecule has 0 bridgehead atoms. The van der Waals surface area contributed by atoms with Gasteiger partial charge in [-0.15, -0.1) is 0 Å². The second kappa shape index (κ2) is 9.97. The SMILES string of the molecule is CC(C)(NC(=O)O)C(=O)N1CCN(C(=O)Nc2ccn(-c3ccc4c(c3)CCC(O)C4)c(=O)n2)CC1. The van der Waals surface area contributed by atoms with E-state index in [1.165, 1.54) is 28.2 Å². The molecule has 1 aromatic carbocycles. The Morgan fingerprint density at radius 1 is 1.06 bits per heavy atom. The van der Waals surface area contributed by atoms with Gasteiger partial charge in [0, 0.05) is 32.4 Å². The lowest BCUT2D eigenvalue weighted by Crippen LogP contribution is -2.60. The molecule has 1 saturated heterocycles. The number of amides is 4. The number of hydrogen-bond donors (Lipinski definition) is 4. The Kier molecular flexibility index (Phi) is 6.97. The highest BCUT2D eigenvalue weighted by Crippen LogP contribution is 2.24. The molecule has 1 aliphatic carbocycles. The van der Waals surface area contributed by atoms with E-state index in [0.29, 0.717) is 18.5 Å². The molecule has 1 fully saturated rings. The Balaban J connectivity index is 1.36. The van der Waals surface area contributed by atoms with Crippen LogP contribution in [0.4, 0.5) is 15.4 Å². The number of nitrogens with one attached hydrogen (secondary N) is 2. The normalized spacial score (nSPS) is 17.8. The number of benzene rings is 1. The fraction of sp³-hybridized carbons (Fsp3) is 0.458. The average molecular weight is 499 g/mol. The summed E-state index contributed by atoms with van der Waals surface area (Å²) in [5.41, 5.74) is 1.03. The first kappa shape index (κ1) is 25.2. The summed E-state index contributed by atoms with van der Waals surface area (Å²) >= 11 is 0. The molecule has 0 radical (unpaired) electrons. The van der Waals surface area contributed by atoms with Gasteiger partial charge in [-0.2, -0.15) is 4.98 Å². The smallest absolute Gasteiger partial charge is 0.405 e. The summed E-state index contributed by atoms with van der Waals surface area (Å²) in [5, 5.41) is 23.6. The summed E-state index contributed by atoms with van der Waals surface area (Å²) in [6, 6.07) is 6.76. The summed E-state index contributed by atoms with van der Waals surface area (Å²) in [6.45, 7) is 3.99. The predicted molar refractivity (Wildman–Crippen MR) is 130 cm³/mol. The zero-order valence-electron chi connectivity index (χ0n) is 20.2. The molecule has 1 unspecified atom stereocenters. The minimum Gasteiger partial charge on any atom is -0.465 e. The van der Waals surface area contributed by atoms with Crippen molar-refractivity contribution in [3.8, 4) is 5.69 Å². The van der Waals surface area contributed by atoms with Crippen LogP contribution >= 0.6 is 0 Å². The first-order valence-corrected chi connectivity index (χ1v) is 11.8. The van der Waals surface area contributed by atoms with E-state index < -0.39 is 23.4 Å². The highest BCUT2D eigenvalue weighted by molar-refractivity contribution is 5.90. The van der Waals surface area contributed by atoms with Crippen molar-refractivity contribution in [3.05, 3.63) is 52.1 Å². The zero-order valence-corrected chi connectivity index (χ0v) is 20.2. The van der Waals surface area contributed by atoms with Crippen LogP contribution in [0.3, 0.4) is 0 Å². The average Bonchev–Trinajstić information content (AvgIpc) is 2.82. The highest BCUT2D eigenvalue weighted by Gasteiger charge is 2.35. The van der Waals surface area contributed by atoms with E-state index in [4.69, 9.17) is 5.11 Å². The lowest BCUT2D eigenvalue weighted by molar-refractivity contribution is -0.138. The predicted octanol–water partition coefficient (Wildman–Crippen LogP) is 0.804. The number of aryl methyl sites for hydroxylation is 1. The number of carboxylic acid groups (broad SMARTS) is 1. The van der Waals surface area contributed by atoms with E-state index >= 15 is 0 Å². The molecule has 1 aromatic heterocycles. The summed E-state index contributed by atoms with van der Waals surface area (Å²) < 4.78 is 1.40. The largest absolute Gasteiger partial charge is 0.465 e. The first-order chi connectivity index (χ1) is 17.0. The number of carbonyl (C=O) groups is 3. The molecule has 2 heterocycles. The molecule has 36 heavy (non-hydrogen) atoms. The van der Waals surface area contributed by atoms with Gasteiger partial charge in [0.05, 0.1) is 11.8 Å². The number of anilines is 1. The number of hydrogen-bond acceptors (Lipinski definition) is 6. The van der Waals surface area contributed by atoms with Gasteiger partial charge in [-0.1, -0.05) is 6.07 Å². The zero-order chi connectivity index (χ0) is 26.0. The fourth-order valence-corrected chi connectivity index (χ4v) is 4.56. The Labute approximate surface area is 207 Å². The van der Waals surface area contributed by atoms with Crippen molar-refractivity contribution in [2.75, 3.05) is 31.5 Å². The van der Waals surface area contributed by atoms with Crippen molar-refractivity contribution in [1.82, 2.24) is 24.7 Å². The second-order valence-corrected chi connectivity index (χ2v) is 9.58. The lowest BCUT2D eigenvalue weighted by atomic mass is 9.89. The number of piperazine rings is 1. The van der Waals surface area contributed by atoms with Gasteiger partial charge in [0.25, 0.3) is 0 Å². The van der Waals surface area contributed by atoms with E-state index in [1.54, 1.807) is 12.3 Å². The minimum atomic E-state index is -1.28. The molecule has 0 spiro atoms. The van der Waals surface area contributed by atoms with Gasteiger partial charge in [-0.05, 0) is 62.4 Å². The number of fused-ring (bicyclic) bond motifs is 1. The maximum atomic E-state index is 12.7. The van der Waals surface area contributed by atoms with E-state index in [-0.39, 0.29) is 44.0 Å². The van der Waals surface area contributed by atoms with Gasteiger partial charge in [0.1, 0.15) is 11.4 Å². The summed E-state index contributed by atoms with van der Waals surface area (Å²) in [4.78, 5) is 55.9. The number of aliphatic hydroxyl groups is 1. The number of aromatic nitrogens is 2. The first-order valence-electron chi connectivity index (χ1n) is 11.8. The van der Waals surface area contributed by atoms with E-state index in [0.717, 1.165) is 17.5 Å². The topological polar surface area (TPSA) is 157 Å². The molecule has 1 aliphatic heterocycles. The van der Waals surface area contributed by atoms with Crippen LogP contribution in [0.2, 0.25) is 0 Å². The molecule has 4 amide bonds. The quantitative estimate of drug-likeness (QED) is 0.486. The van der Waals surface area contributed by atoms with Gasteiger partial charge in [-0.25, -0.2) is 14.4 Å². The molecule has 2 aliphatic rings. The maximum absolute atomic E-state index is 12.7. The van der Waals surface area contributed by atoms with Crippen molar-refractivity contribution in [1.29, 1.82) is 0 Å². The molecule has 12 nitrogen and oxygen atoms in total. The number of nitrogens with zero attached hydrogens (tertiary/aromatic N) is 4. The molecule has 192 valence electrons. The van der Waals surface area contributed by atoms with Gasteiger partial charge in [-0.3, -0.25) is 14.7 Å².